The van der Waals surface area contributed by atoms with E-state index in [1.165, 1.54) is 0 Å². The van der Waals surface area contributed by atoms with E-state index in [1.54, 1.807) is 32.4 Å². The van der Waals surface area contributed by atoms with Crippen molar-refractivity contribution in [3.63, 3.8) is 0 Å². The van der Waals surface area contributed by atoms with Gasteiger partial charge in [0, 0.05) is 12.4 Å². The zero-order chi connectivity index (χ0) is 25.3. The van der Waals surface area contributed by atoms with E-state index in [4.69, 9.17) is 0 Å². The summed E-state index contributed by atoms with van der Waals surface area (Å²) in [5.74, 6) is 0. The molecular formula is C33H25AuClN-2. The van der Waals surface area contributed by atoms with Gasteiger partial charge in [0.25, 0.3) is 0 Å². The van der Waals surface area contributed by atoms with Gasteiger partial charge in [0.1, 0.15) is 0 Å². The molecule has 0 fully saturated rings. The number of halogens is 1. The molecule has 5 aromatic rings. The molecule has 3 heteroatoms. The van der Waals surface area contributed by atoms with Crippen molar-refractivity contribution in [3.8, 4) is 0 Å². The maximum atomic E-state index is 4.58. The Morgan fingerprint density at radius 1 is 0.444 bits per heavy atom. The topological polar surface area (TPSA) is 12.9 Å². The fourth-order valence-electron chi connectivity index (χ4n) is 3.41. The van der Waals surface area contributed by atoms with Gasteiger partial charge in [-0.1, -0.05) is 103 Å². The third kappa shape index (κ3) is 8.96. The van der Waals surface area contributed by atoms with E-state index in [2.05, 4.69) is 99.1 Å². The second kappa shape index (κ2) is 16.3. The Morgan fingerprint density at radius 3 is 1.03 bits per heavy atom. The molecule has 0 saturated heterocycles. The summed E-state index contributed by atoms with van der Waals surface area (Å²) < 4.78 is 0. The molecule has 0 aliphatic rings. The van der Waals surface area contributed by atoms with Crippen molar-refractivity contribution < 1.29 is 20.0 Å². The molecule has 0 radical (unpaired) electrons. The molecule has 0 unspecified atom stereocenters. The van der Waals surface area contributed by atoms with Crippen LogP contribution in [0.3, 0.4) is 0 Å². The van der Waals surface area contributed by atoms with Crippen LogP contribution in [0.2, 0.25) is 0 Å². The number of rotatable bonds is 5. The minimum absolute atomic E-state index is 1.03. The Morgan fingerprint density at radius 2 is 0.750 bits per heavy atom. The van der Waals surface area contributed by atoms with Crippen LogP contribution in [-0.4, -0.2) is 4.98 Å². The van der Waals surface area contributed by atoms with Crippen molar-refractivity contribution in [2.45, 2.75) is 0 Å². The molecule has 5 rings (SSSR count). The standard InChI is InChI=1S/C28H20.C5H5N.Au.ClH/c1-5-13-23(14-6-1)21-27(25-17-9-3-10-18-25)28(26-19-11-4-12-20-26)22-24-15-7-2-8-16-24;1-2-4-6-5-3-1;;/h1-20H;1-5H;;1H/q-2;;+1;/p-1. The summed E-state index contributed by atoms with van der Waals surface area (Å²) in [5.41, 5.74) is 6.39. The predicted molar refractivity (Wildman–Crippen MR) is 147 cm³/mol. The second-order valence-corrected chi connectivity index (χ2v) is 7.49. The predicted octanol–water partition coefficient (Wildman–Crippen LogP) is 8.63. The minimum atomic E-state index is 1.03. The van der Waals surface area contributed by atoms with Crippen molar-refractivity contribution in [1.82, 2.24) is 4.98 Å². The summed E-state index contributed by atoms with van der Waals surface area (Å²) in [5, 5.41) is 0. The molecule has 36 heavy (non-hydrogen) atoms. The molecule has 4 aromatic carbocycles. The van der Waals surface area contributed by atoms with Gasteiger partial charge < -0.3 is 0 Å². The van der Waals surface area contributed by atoms with Crippen LogP contribution in [0.5, 0.6) is 0 Å². The van der Waals surface area contributed by atoms with Gasteiger partial charge in [-0.2, -0.15) is 23.3 Å². The van der Waals surface area contributed by atoms with Crippen molar-refractivity contribution in [2.75, 3.05) is 0 Å². The molecule has 0 atom stereocenters. The number of hydrogen-bond acceptors (Lipinski definition) is 1. The molecule has 0 aliphatic carbocycles. The molecule has 0 amide bonds. The maximum Gasteiger partial charge on any atom is 0.0267 e. The molecule has 0 N–H and O–H groups in total. The Labute approximate surface area is 230 Å². The van der Waals surface area contributed by atoms with Gasteiger partial charge in [-0.25, -0.2) is 0 Å². The van der Waals surface area contributed by atoms with E-state index in [0.29, 0.717) is 0 Å². The first-order valence-electron chi connectivity index (χ1n) is 11.4. The Kier molecular flexibility index (Phi) is 12.3. The average molecular weight is 668 g/mol. The molecule has 0 bridgehead atoms. The third-order valence-electron chi connectivity index (χ3n) is 5.03. The number of allylic oxidation sites excluding steroid dienone is 2. The smallest absolute Gasteiger partial charge is 0.0267 e. The van der Waals surface area contributed by atoms with E-state index in [1.807, 2.05) is 66.7 Å². The molecule has 1 nitrogen and oxygen atoms in total. The van der Waals surface area contributed by atoms with Crippen LogP contribution in [-0.2, 0) is 20.0 Å². The summed E-state index contributed by atoms with van der Waals surface area (Å²) in [4.78, 5) is 3.78. The van der Waals surface area contributed by atoms with E-state index < -0.39 is 0 Å². The molecule has 0 aliphatic heterocycles. The van der Waals surface area contributed by atoms with Gasteiger partial charge >= 0.3 is 29.2 Å². The monoisotopic (exact) mass is 667 g/mol. The van der Waals surface area contributed by atoms with Gasteiger partial charge in [-0.3, -0.25) is 4.98 Å². The summed E-state index contributed by atoms with van der Waals surface area (Å²) in [7, 11) is 4.58. The number of aromatic nitrogens is 1. The first kappa shape index (κ1) is 27.1. The zero-order valence-corrected chi connectivity index (χ0v) is 22.5. The van der Waals surface area contributed by atoms with Crippen molar-refractivity contribution >= 4 is 20.3 Å². The summed E-state index contributed by atoms with van der Waals surface area (Å²) in [6, 6.07) is 47.1. The number of hydrogen-bond donors (Lipinski definition) is 0. The normalized spacial score (nSPS) is 10.9. The largest absolute Gasteiger partial charge is 0.265 e. The number of pyridine rings is 1. The second-order valence-electron chi connectivity index (χ2n) is 7.49. The summed E-state index contributed by atoms with van der Waals surface area (Å²) >= 11 is 1.75. The van der Waals surface area contributed by atoms with Gasteiger partial charge in [0.15, 0.2) is 0 Å². The maximum absolute atomic E-state index is 4.58. The van der Waals surface area contributed by atoms with Gasteiger partial charge in [0.05, 0.1) is 0 Å². The van der Waals surface area contributed by atoms with Gasteiger partial charge in [0.2, 0.25) is 0 Å². The Bertz CT molecular complexity index is 1190. The fraction of sp³-hybridized carbons (Fsp3) is 0. The Hall–Kier alpha value is -3.46. The van der Waals surface area contributed by atoms with Gasteiger partial charge in [-0.15, -0.1) is 46.5 Å². The van der Waals surface area contributed by atoms with Crippen molar-refractivity contribution in [3.05, 3.63) is 186 Å². The van der Waals surface area contributed by atoms with Crippen LogP contribution in [0.1, 0.15) is 22.3 Å². The molecule has 1 heterocycles. The first-order chi connectivity index (χ1) is 17.9. The quantitative estimate of drug-likeness (QED) is 0.0792. The van der Waals surface area contributed by atoms with E-state index in [9.17, 15) is 0 Å². The SMILES string of the molecule is [C-](=C(C(=[C-]c1ccccc1)c1ccccc1)c1ccccc1)c1ccccc1.[Cl][Au].c1ccncc1. The fourth-order valence-corrected chi connectivity index (χ4v) is 3.41. The molecule has 182 valence electrons. The average Bonchev–Trinajstić information content (AvgIpc) is 2.99. The van der Waals surface area contributed by atoms with Crippen molar-refractivity contribution in [1.29, 1.82) is 0 Å². The van der Waals surface area contributed by atoms with Crippen LogP contribution < -0.4 is 0 Å². The van der Waals surface area contributed by atoms with E-state index in [0.717, 1.165) is 33.4 Å². The molecule has 0 saturated carbocycles. The van der Waals surface area contributed by atoms with Gasteiger partial charge in [-0.05, 0) is 12.1 Å². The summed E-state index contributed by atoms with van der Waals surface area (Å²) in [6.07, 6.45) is 10.8. The van der Waals surface area contributed by atoms with Crippen LogP contribution in [0, 0.1) is 12.2 Å². The minimum Gasteiger partial charge on any atom is -0.265 e. The molecule has 0 spiro atoms. The number of benzene rings is 4. The Balaban J connectivity index is 0.000000390. The summed E-state index contributed by atoms with van der Waals surface area (Å²) in [6.45, 7) is 0. The zero-order valence-electron chi connectivity index (χ0n) is 19.6. The molecular weight excluding hydrogens is 643 g/mol. The van der Waals surface area contributed by atoms with E-state index >= 15 is 0 Å². The van der Waals surface area contributed by atoms with Crippen LogP contribution in [0.4, 0.5) is 0 Å². The first-order valence-corrected chi connectivity index (χ1v) is 14.0. The molecule has 1 aromatic heterocycles. The van der Waals surface area contributed by atoms with Crippen LogP contribution >= 0.6 is 9.19 Å². The van der Waals surface area contributed by atoms with Crippen molar-refractivity contribution in [2.24, 2.45) is 0 Å². The van der Waals surface area contributed by atoms with Crippen LogP contribution in [0.15, 0.2) is 152 Å². The van der Waals surface area contributed by atoms with E-state index in [-0.39, 0.29) is 0 Å². The third-order valence-corrected chi connectivity index (χ3v) is 5.03. The number of nitrogens with zero attached hydrogens (tertiary/aromatic N) is 1. The van der Waals surface area contributed by atoms with Crippen LogP contribution in [0.25, 0.3) is 11.1 Å².